The molecule has 0 aromatic carbocycles. The van der Waals surface area contributed by atoms with E-state index < -0.39 is 75.7 Å². The highest BCUT2D eigenvalue weighted by atomic mass is 31.2. The summed E-state index contributed by atoms with van der Waals surface area (Å²) >= 11 is 0. The molecule has 1 rings (SSSR count). The van der Waals surface area contributed by atoms with Gasteiger partial charge in [-0.2, -0.15) is 0 Å². The molecule has 6 unspecified atom stereocenters. The summed E-state index contributed by atoms with van der Waals surface area (Å²) in [6.45, 7) is 3.35. The van der Waals surface area contributed by atoms with Crippen molar-refractivity contribution >= 4 is 19.8 Å². The minimum atomic E-state index is -5.11. The average molecular weight is 923 g/mol. The summed E-state index contributed by atoms with van der Waals surface area (Å²) in [7, 11) is -5.11. The minimum Gasteiger partial charge on any atom is -0.462 e. The molecule has 0 spiro atoms. The Bertz CT molecular complexity index is 1110. The normalized spacial score (nSPS) is 21.6. The highest BCUT2D eigenvalue weighted by molar-refractivity contribution is 7.47. The molecule has 63 heavy (non-hydrogen) atoms. The third-order valence-electron chi connectivity index (χ3n) is 12.4. The number of hydrogen-bond acceptors (Lipinski definition) is 12. The first-order valence-corrected chi connectivity index (χ1v) is 27.3. The van der Waals surface area contributed by atoms with Crippen LogP contribution in [0.4, 0.5) is 0 Å². The van der Waals surface area contributed by atoms with Gasteiger partial charge in [0.25, 0.3) is 0 Å². The largest absolute Gasteiger partial charge is 0.472 e. The fourth-order valence-electron chi connectivity index (χ4n) is 8.29. The van der Waals surface area contributed by atoms with Crippen LogP contribution < -0.4 is 0 Å². The molecule has 0 aromatic rings. The predicted octanol–water partition coefficient (Wildman–Crippen LogP) is 10.8. The number of rotatable bonds is 44. The number of hydrogen-bond donors (Lipinski definition) is 6. The van der Waals surface area contributed by atoms with E-state index in [2.05, 4.69) is 13.8 Å². The third-order valence-corrected chi connectivity index (χ3v) is 13.4. The molecule has 0 aromatic heterocycles. The molecule has 1 saturated carbocycles. The smallest absolute Gasteiger partial charge is 0.462 e. The molecular formula is C49H95O13P. The second-order valence-corrected chi connectivity index (χ2v) is 19.8. The Balaban J connectivity index is 2.38. The van der Waals surface area contributed by atoms with Gasteiger partial charge in [-0.1, -0.05) is 219 Å². The van der Waals surface area contributed by atoms with Gasteiger partial charge in [-0.3, -0.25) is 18.6 Å². The number of phosphoric acid groups is 1. The molecule has 0 radical (unpaired) electrons. The van der Waals surface area contributed by atoms with Crippen LogP contribution in [-0.2, 0) is 32.7 Å². The van der Waals surface area contributed by atoms with E-state index in [9.17, 15) is 44.6 Å². The molecular weight excluding hydrogens is 827 g/mol. The molecule has 0 aliphatic heterocycles. The first-order chi connectivity index (χ1) is 30.4. The van der Waals surface area contributed by atoms with Gasteiger partial charge in [0.1, 0.15) is 43.2 Å². The van der Waals surface area contributed by atoms with Gasteiger partial charge in [-0.25, -0.2) is 4.57 Å². The standard InChI is InChI=1S/C49H95O13P/c1-3-5-7-9-11-13-15-17-19-21-22-24-25-27-29-31-33-35-37-42(50)59-39-41(40-60-63(57,58)62-49-47(55)45(53)44(52)46(54)48(49)56)61-43(51)38-36-34-32-30-28-26-23-20-18-16-14-12-10-8-6-4-2/h41,44-49,52-56H,3-40H2,1-2H3,(H,57,58)/t41-,44?,45-,46?,47?,48?,49?/m0/s1. The van der Waals surface area contributed by atoms with Gasteiger partial charge in [0, 0.05) is 12.8 Å². The molecule has 0 bridgehead atoms. The van der Waals surface area contributed by atoms with E-state index in [0.717, 1.165) is 38.5 Å². The van der Waals surface area contributed by atoms with Gasteiger partial charge in [0.2, 0.25) is 0 Å². The Labute approximate surface area is 382 Å². The lowest BCUT2D eigenvalue weighted by atomic mass is 9.85. The fraction of sp³-hybridized carbons (Fsp3) is 0.959. The molecule has 374 valence electrons. The number of aliphatic hydroxyl groups excluding tert-OH is 5. The Morgan fingerprint density at radius 1 is 0.429 bits per heavy atom. The molecule has 8 atom stereocenters. The minimum absolute atomic E-state index is 0.105. The second kappa shape index (κ2) is 40.0. The molecule has 0 saturated heterocycles. The van der Waals surface area contributed by atoms with E-state index in [4.69, 9.17) is 18.5 Å². The SMILES string of the molecule is CCCCCCCCCCCCCCCCCCCCC(=O)OC[C@@H](COP(=O)(O)OC1C(O)C(O)C(O)[C@H](O)C1O)OC(=O)CCCCCCCCCCCCCCCCCC. The maximum Gasteiger partial charge on any atom is 0.472 e. The average Bonchev–Trinajstić information content (AvgIpc) is 3.26. The van der Waals surface area contributed by atoms with Crippen LogP contribution in [0, 0.1) is 0 Å². The van der Waals surface area contributed by atoms with Gasteiger partial charge in [0.05, 0.1) is 6.61 Å². The number of aliphatic hydroxyl groups is 5. The van der Waals surface area contributed by atoms with Crippen LogP contribution in [0.5, 0.6) is 0 Å². The highest BCUT2D eigenvalue weighted by Crippen LogP contribution is 2.47. The summed E-state index contributed by atoms with van der Waals surface area (Å²) in [6.07, 6.45) is 28.6. The summed E-state index contributed by atoms with van der Waals surface area (Å²) in [5, 5.41) is 50.2. The van der Waals surface area contributed by atoms with Crippen LogP contribution in [0.25, 0.3) is 0 Å². The first-order valence-electron chi connectivity index (χ1n) is 25.8. The van der Waals surface area contributed by atoms with Crippen molar-refractivity contribution in [3.8, 4) is 0 Å². The van der Waals surface area contributed by atoms with Gasteiger partial charge in [-0.15, -0.1) is 0 Å². The van der Waals surface area contributed by atoms with Crippen molar-refractivity contribution in [2.45, 2.75) is 288 Å². The Kier molecular flexibility index (Phi) is 38.0. The molecule has 14 heteroatoms. The fourth-order valence-corrected chi connectivity index (χ4v) is 9.26. The first kappa shape index (κ1) is 59.9. The van der Waals surface area contributed by atoms with E-state index in [0.29, 0.717) is 12.8 Å². The van der Waals surface area contributed by atoms with Crippen molar-refractivity contribution in [2.75, 3.05) is 13.2 Å². The summed E-state index contributed by atoms with van der Waals surface area (Å²) in [5.41, 5.74) is 0. The van der Waals surface area contributed by atoms with Crippen LogP contribution in [-0.4, -0.2) is 98.3 Å². The molecule has 1 aliphatic carbocycles. The number of ether oxygens (including phenoxy) is 2. The van der Waals surface area contributed by atoms with Crippen molar-refractivity contribution in [2.24, 2.45) is 0 Å². The van der Waals surface area contributed by atoms with E-state index >= 15 is 0 Å². The van der Waals surface area contributed by atoms with E-state index in [1.54, 1.807) is 0 Å². The number of carbonyl (C=O) groups excluding carboxylic acids is 2. The van der Waals surface area contributed by atoms with Crippen LogP contribution in [0.15, 0.2) is 0 Å². The van der Waals surface area contributed by atoms with Gasteiger partial charge in [-0.05, 0) is 12.8 Å². The molecule has 6 N–H and O–H groups in total. The Hall–Kier alpha value is -1.15. The zero-order valence-electron chi connectivity index (χ0n) is 39.9. The lowest BCUT2D eigenvalue weighted by molar-refractivity contribution is -0.220. The zero-order chi connectivity index (χ0) is 46.4. The molecule has 13 nitrogen and oxygen atoms in total. The van der Waals surface area contributed by atoms with Crippen LogP contribution >= 0.6 is 7.82 Å². The Morgan fingerprint density at radius 2 is 0.714 bits per heavy atom. The maximum atomic E-state index is 12.8. The monoisotopic (exact) mass is 923 g/mol. The van der Waals surface area contributed by atoms with Crippen molar-refractivity contribution in [3.05, 3.63) is 0 Å². The maximum absolute atomic E-state index is 12.8. The van der Waals surface area contributed by atoms with Crippen molar-refractivity contribution in [1.82, 2.24) is 0 Å². The summed E-state index contributed by atoms with van der Waals surface area (Å²) in [4.78, 5) is 35.8. The summed E-state index contributed by atoms with van der Waals surface area (Å²) < 4.78 is 33.6. The number of phosphoric ester groups is 1. The molecule has 0 amide bonds. The van der Waals surface area contributed by atoms with Gasteiger partial charge < -0.3 is 39.9 Å². The molecule has 1 fully saturated rings. The lowest BCUT2D eigenvalue weighted by Gasteiger charge is -2.41. The molecule has 0 heterocycles. The topological polar surface area (TPSA) is 210 Å². The van der Waals surface area contributed by atoms with Crippen molar-refractivity contribution in [3.63, 3.8) is 0 Å². The summed E-state index contributed by atoms with van der Waals surface area (Å²) in [6, 6.07) is 0. The quantitative estimate of drug-likeness (QED) is 0.0191. The summed E-state index contributed by atoms with van der Waals surface area (Å²) in [5.74, 6) is -1.08. The van der Waals surface area contributed by atoms with Crippen molar-refractivity contribution < 1.29 is 63.1 Å². The van der Waals surface area contributed by atoms with Gasteiger partial charge >= 0.3 is 19.8 Å². The van der Waals surface area contributed by atoms with E-state index in [1.165, 1.54) is 167 Å². The lowest BCUT2D eigenvalue weighted by Crippen LogP contribution is -2.64. The third kappa shape index (κ3) is 32.2. The number of esters is 2. The van der Waals surface area contributed by atoms with Crippen LogP contribution in [0.1, 0.15) is 245 Å². The van der Waals surface area contributed by atoms with Gasteiger partial charge in [0.15, 0.2) is 6.10 Å². The van der Waals surface area contributed by atoms with Crippen molar-refractivity contribution in [1.29, 1.82) is 0 Å². The zero-order valence-corrected chi connectivity index (χ0v) is 40.8. The van der Waals surface area contributed by atoms with E-state index in [-0.39, 0.29) is 12.8 Å². The predicted molar refractivity (Wildman–Crippen MR) is 249 cm³/mol. The van der Waals surface area contributed by atoms with E-state index in [1.807, 2.05) is 0 Å². The second-order valence-electron chi connectivity index (χ2n) is 18.4. The number of unbranched alkanes of at least 4 members (excludes halogenated alkanes) is 32. The van der Waals surface area contributed by atoms with Crippen LogP contribution in [0.2, 0.25) is 0 Å². The molecule has 1 aliphatic rings. The Morgan fingerprint density at radius 3 is 1.05 bits per heavy atom. The number of carbonyl (C=O) groups is 2. The highest BCUT2D eigenvalue weighted by Gasteiger charge is 2.51. The van der Waals surface area contributed by atoms with Crippen LogP contribution in [0.3, 0.4) is 0 Å².